The Morgan fingerprint density at radius 1 is 0.766 bits per heavy atom. The van der Waals surface area contributed by atoms with Crippen LogP contribution in [0.3, 0.4) is 0 Å². The summed E-state index contributed by atoms with van der Waals surface area (Å²) in [4.78, 5) is 105. The van der Waals surface area contributed by atoms with Crippen LogP contribution in [-0.2, 0) is 24.0 Å². The summed E-state index contributed by atoms with van der Waals surface area (Å²) < 4.78 is 7.88. The lowest BCUT2D eigenvalue weighted by Gasteiger charge is -2.37. The number of carbonyl (C=O) groups is 7. The van der Waals surface area contributed by atoms with Crippen molar-refractivity contribution in [1.82, 2.24) is 44.7 Å². The number of carbonyl (C=O) groups excluding carboxylic acids is 7. The van der Waals surface area contributed by atoms with Gasteiger partial charge >= 0.3 is 0 Å². The zero-order valence-corrected chi connectivity index (χ0v) is 34.8. The van der Waals surface area contributed by atoms with Gasteiger partial charge in [0.05, 0.1) is 29.1 Å². The van der Waals surface area contributed by atoms with Gasteiger partial charge in [0.15, 0.2) is 5.65 Å². The van der Waals surface area contributed by atoms with Crippen LogP contribution in [0.15, 0.2) is 79.1 Å². The largest absolute Gasteiger partial charge is 0.457 e. The number of imide groups is 2. The number of nitrogen functional groups attached to an aromatic ring is 1. The minimum Gasteiger partial charge on any atom is -0.457 e. The highest BCUT2D eigenvalue weighted by atomic mass is 16.5. The number of piperidine rings is 2. The molecule has 0 spiro atoms. The number of piperazine rings is 1. The number of nitrogens with one attached hydrogen (secondary N) is 2. The van der Waals surface area contributed by atoms with Gasteiger partial charge in [-0.25, -0.2) is 14.6 Å². The molecular weight excluding hydrogens is 823 g/mol. The van der Waals surface area contributed by atoms with Gasteiger partial charge in [0.1, 0.15) is 35.4 Å². The number of aromatic nitrogens is 4. The number of anilines is 2. The molecule has 19 nitrogen and oxygen atoms in total. The van der Waals surface area contributed by atoms with Gasteiger partial charge in [-0.05, 0) is 73.9 Å². The molecule has 4 aliphatic rings. The number of amides is 7. The van der Waals surface area contributed by atoms with Crippen molar-refractivity contribution in [1.29, 1.82) is 0 Å². The second-order valence-corrected chi connectivity index (χ2v) is 16.2. The molecule has 5 aromatic rings. The standard InChI is InChI=1S/C45H45N11O8/c46-41-39-40(27-6-9-31(10-7-27)64-30-4-2-1-3-5-30)51-56(42(39)48-26-47-41)29-16-18-53(19-17-29)38(60)25-52-20-22-54(23-21-52)37(59)15-14-35(57)49-28-8-11-32-33(24-28)45(63)55(44(32)62)34-12-13-36(58)50-43(34)61/h1-11,24,26,29,34H,12-23,25H2,(H,49,57)(H2,46,47,48)(H,50,58,61). The van der Waals surface area contributed by atoms with Crippen LogP contribution in [-0.4, -0.2) is 133 Å². The van der Waals surface area contributed by atoms with Gasteiger partial charge in [-0.3, -0.25) is 48.7 Å². The number of benzene rings is 3. The van der Waals surface area contributed by atoms with E-state index in [9.17, 15) is 33.6 Å². The Balaban J connectivity index is 0.726. The second-order valence-electron chi connectivity index (χ2n) is 16.2. The molecule has 3 fully saturated rings. The van der Waals surface area contributed by atoms with E-state index in [1.165, 1.54) is 24.5 Å². The Morgan fingerprint density at radius 3 is 2.20 bits per heavy atom. The third-order valence-electron chi connectivity index (χ3n) is 12.2. The van der Waals surface area contributed by atoms with E-state index >= 15 is 0 Å². The van der Waals surface area contributed by atoms with Gasteiger partial charge in [-0.15, -0.1) is 0 Å². The van der Waals surface area contributed by atoms with Crippen LogP contribution in [0.25, 0.3) is 22.3 Å². The minimum absolute atomic E-state index is 0.00645. The van der Waals surface area contributed by atoms with E-state index in [-0.39, 0.29) is 66.9 Å². The van der Waals surface area contributed by atoms with Gasteiger partial charge in [-0.1, -0.05) is 18.2 Å². The van der Waals surface area contributed by atoms with Crippen molar-refractivity contribution in [3.8, 4) is 22.8 Å². The highest BCUT2D eigenvalue weighted by Crippen LogP contribution is 2.36. The number of likely N-dealkylation sites (tertiary alicyclic amines) is 1. The van der Waals surface area contributed by atoms with Crippen molar-refractivity contribution in [3.05, 3.63) is 90.3 Å². The SMILES string of the molecule is Nc1ncnc2c1c(-c1ccc(Oc3ccccc3)cc1)nn2C1CCN(C(=O)CN2CCN(C(=O)CCC(=O)Nc3ccc4c(c3)C(=O)N(C3CCC(=O)NC3=O)C4=O)CC2)CC1. The van der Waals surface area contributed by atoms with Crippen molar-refractivity contribution in [2.24, 2.45) is 0 Å². The maximum atomic E-state index is 13.5. The molecule has 0 radical (unpaired) electrons. The maximum absolute atomic E-state index is 13.5. The minimum atomic E-state index is -1.10. The topological polar surface area (TPSA) is 235 Å². The molecule has 328 valence electrons. The lowest BCUT2D eigenvalue weighted by molar-refractivity contribution is -0.137. The van der Waals surface area contributed by atoms with Crippen molar-refractivity contribution in [2.45, 2.75) is 50.6 Å². The second kappa shape index (κ2) is 17.7. The van der Waals surface area contributed by atoms with Crippen molar-refractivity contribution in [3.63, 3.8) is 0 Å². The number of nitrogens with two attached hydrogens (primary N) is 1. The number of hydrogen-bond donors (Lipinski definition) is 3. The molecule has 4 aliphatic heterocycles. The summed E-state index contributed by atoms with van der Waals surface area (Å²) >= 11 is 0. The molecule has 6 heterocycles. The van der Waals surface area contributed by atoms with Crippen molar-refractivity contribution in [2.75, 3.05) is 56.9 Å². The predicted molar refractivity (Wildman–Crippen MR) is 231 cm³/mol. The van der Waals surface area contributed by atoms with E-state index in [0.29, 0.717) is 80.4 Å². The summed E-state index contributed by atoms with van der Waals surface area (Å²) in [5.41, 5.74) is 8.95. The molecule has 0 bridgehead atoms. The molecule has 2 aromatic heterocycles. The Hall–Kier alpha value is -7.54. The van der Waals surface area contributed by atoms with Crippen molar-refractivity contribution < 1.29 is 38.3 Å². The van der Waals surface area contributed by atoms with Crippen LogP contribution in [0.2, 0.25) is 0 Å². The summed E-state index contributed by atoms with van der Waals surface area (Å²) in [5.74, 6) is -1.35. The smallest absolute Gasteiger partial charge is 0.262 e. The molecule has 19 heteroatoms. The fourth-order valence-electron chi connectivity index (χ4n) is 8.71. The summed E-state index contributed by atoms with van der Waals surface area (Å²) in [6, 6.07) is 20.3. The van der Waals surface area contributed by atoms with E-state index in [0.717, 1.165) is 16.2 Å². The number of hydrogen-bond acceptors (Lipinski definition) is 13. The van der Waals surface area contributed by atoms with E-state index in [1.54, 1.807) is 4.90 Å². The maximum Gasteiger partial charge on any atom is 0.262 e. The lowest BCUT2D eigenvalue weighted by atomic mass is 10.0. The normalized spacial score (nSPS) is 18.3. The lowest BCUT2D eigenvalue weighted by Crippen LogP contribution is -2.54. The Morgan fingerprint density at radius 2 is 1.47 bits per heavy atom. The summed E-state index contributed by atoms with van der Waals surface area (Å²) in [6.45, 7) is 3.20. The molecule has 9 rings (SSSR count). The average Bonchev–Trinajstić information content (AvgIpc) is 3.81. The summed E-state index contributed by atoms with van der Waals surface area (Å²) in [7, 11) is 0. The highest BCUT2D eigenvalue weighted by molar-refractivity contribution is 6.24. The monoisotopic (exact) mass is 867 g/mol. The van der Waals surface area contributed by atoms with Crippen LogP contribution in [0.4, 0.5) is 11.5 Å². The summed E-state index contributed by atoms with van der Waals surface area (Å²) in [5, 5.41) is 10.5. The van der Waals surface area contributed by atoms with Gasteiger partial charge in [0.25, 0.3) is 11.8 Å². The molecule has 3 aromatic carbocycles. The zero-order valence-electron chi connectivity index (χ0n) is 34.8. The van der Waals surface area contributed by atoms with E-state index < -0.39 is 35.6 Å². The molecule has 4 N–H and O–H groups in total. The molecule has 3 saturated heterocycles. The quantitative estimate of drug-likeness (QED) is 0.162. The molecule has 0 aliphatic carbocycles. The van der Waals surface area contributed by atoms with Gasteiger partial charge in [0.2, 0.25) is 29.5 Å². The van der Waals surface area contributed by atoms with Crippen LogP contribution in [0.1, 0.15) is 65.3 Å². The fraction of sp³-hybridized carbons (Fsp3) is 0.333. The molecule has 1 unspecified atom stereocenters. The first-order chi connectivity index (χ1) is 31.0. The summed E-state index contributed by atoms with van der Waals surface area (Å²) in [6.07, 6.45) is 2.70. The highest BCUT2D eigenvalue weighted by Gasteiger charge is 2.44. The van der Waals surface area contributed by atoms with E-state index in [1.807, 2.05) is 69.1 Å². The molecule has 1 atom stereocenters. The molecular formula is C45H45N11O8. The zero-order chi connectivity index (χ0) is 44.5. The van der Waals surface area contributed by atoms with Crippen molar-refractivity contribution >= 4 is 63.9 Å². The first kappa shape index (κ1) is 41.8. The Kier molecular flexibility index (Phi) is 11.5. The van der Waals surface area contributed by atoms with Crippen LogP contribution < -0.4 is 21.1 Å². The predicted octanol–water partition coefficient (Wildman–Crippen LogP) is 3.00. The van der Waals surface area contributed by atoms with E-state index in [4.69, 9.17) is 15.6 Å². The first-order valence-electron chi connectivity index (χ1n) is 21.3. The average molecular weight is 868 g/mol. The van der Waals surface area contributed by atoms with Gasteiger partial charge in [-0.2, -0.15) is 5.10 Å². The number of para-hydroxylation sites is 1. The van der Waals surface area contributed by atoms with Gasteiger partial charge < -0.3 is 25.6 Å². The number of fused-ring (bicyclic) bond motifs is 2. The number of rotatable bonds is 11. The number of ether oxygens (including phenoxy) is 1. The Labute approximate surface area is 366 Å². The van der Waals surface area contributed by atoms with Crippen LogP contribution in [0.5, 0.6) is 11.5 Å². The van der Waals surface area contributed by atoms with Crippen LogP contribution >= 0.6 is 0 Å². The van der Waals surface area contributed by atoms with Crippen LogP contribution in [0, 0.1) is 0 Å². The fourth-order valence-corrected chi connectivity index (χ4v) is 8.71. The third kappa shape index (κ3) is 8.48. The molecule has 7 amide bonds. The number of nitrogens with zero attached hydrogens (tertiary/aromatic N) is 8. The Bertz CT molecular complexity index is 2670. The first-order valence-corrected chi connectivity index (χ1v) is 21.3. The van der Waals surface area contributed by atoms with E-state index in [2.05, 4.69) is 20.6 Å². The molecule has 0 saturated carbocycles. The molecule has 64 heavy (non-hydrogen) atoms. The third-order valence-corrected chi connectivity index (χ3v) is 12.2. The van der Waals surface area contributed by atoms with Gasteiger partial charge in [0, 0.05) is 69.8 Å².